The molecule has 166 valence electrons. The highest BCUT2D eigenvalue weighted by molar-refractivity contribution is 5.92. The fourth-order valence-corrected chi connectivity index (χ4v) is 4.39. The number of carbonyl (C=O) groups excluding carboxylic acids is 1. The molecule has 0 radical (unpaired) electrons. The Morgan fingerprint density at radius 3 is 2.62 bits per heavy atom. The lowest BCUT2D eigenvalue weighted by Gasteiger charge is -2.32. The summed E-state index contributed by atoms with van der Waals surface area (Å²) >= 11 is 0. The molecular weight excluding hydrogens is 406 g/mol. The third kappa shape index (κ3) is 4.56. The molecule has 2 aliphatic rings. The maximum atomic E-state index is 13.0. The third-order valence-electron chi connectivity index (χ3n) is 6.12. The largest absolute Gasteiger partial charge is 0.463 e. The number of hydrogen-bond donors (Lipinski definition) is 1. The number of hydrogen-bond acceptors (Lipinski definition) is 8. The van der Waals surface area contributed by atoms with E-state index < -0.39 is 0 Å². The fraction of sp³-hybridized carbons (Fsp3) is 0.435. The zero-order chi connectivity index (χ0) is 21.8. The normalized spacial score (nSPS) is 19.1. The van der Waals surface area contributed by atoms with Crippen molar-refractivity contribution >= 4 is 23.4 Å². The van der Waals surface area contributed by atoms with Gasteiger partial charge in [-0.2, -0.15) is 0 Å². The first kappa shape index (κ1) is 20.4. The second-order valence-corrected chi connectivity index (χ2v) is 8.34. The molecule has 3 aromatic heterocycles. The molecule has 0 saturated carbocycles. The Hall–Kier alpha value is -3.49. The van der Waals surface area contributed by atoms with Crippen LogP contribution in [0.2, 0.25) is 0 Å². The molecule has 0 aliphatic carbocycles. The van der Waals surface area contributed by atoms with Crippen LogP contribution in [0.15, 0.2) is 47.3 Å². The van der Waals surface area contributed by atoms with E-state index >= 15 is 0 Å². The number of anilines is 3. The van der Waals surface area contributed by atoms with Crippen molar-refractivity contribution in [1.82, 2.24) is 20.2 Å². The monoisotopic (exact) mass is 433 g/mol. The first-order chi connectivity index (χ1) is 15.8. The van der Waals surface area contributed by atoms with E-state index in [4.69, 9.17) is 4.42 Å². The Morgan fingerprint density at radius 2 is 1.84 bits per heavy atom. The summed E-state index contributed by atoms with van der Waals surface area (Å²) in [6.45, 7) is 3.46. The third-order valence-corrected chi connectivity index (χ3v) is 6.12. The van der Waals surface area contributed by atoms with Crippen LogP contribution in [-0.2, 0) is 4.79 Å². The molecule has 2 aliphatic heterocycles. The highest BCUT2D eigenvalue weighted by atomic mass is 16.3. The first-order valence-electron chi connectivity index (χ1n) is 11.3. The highest BCUT2D eigenvalue weighted by Crippen LogP contribution is 2.25. The lowest BCUT2D eigenvalue weighted by molar-refractivity contribution is -0.120. The summed E-state index contributed by atoms with van der Waals surface area (Å²) in [6, 6.07) is 9.39. The quantitative estimate of drug-likeness (QED) is 0.654. The van der Waals surface area contributed by atoms with Crippen molar-refractivity contribution < 1.29 is 9.21 Å². The minimum atomic E-state index is -0.135. The van der Waals surface area contributed by atoms with Gasteiger partial charge >= 0.3 is 0 Å². The van der Waals surface area contributed by atoms with Gasteiger partial charge in [0.2, 0.25) is 5.91 Å². The second kappa shape index (κ2) is 9.33. The Labute approximate surface area is 186 Å². The maximum Gasteiger partial charge on any atom is 0.230 e. The molecule has 1 atom stereocenters. The topological polar surface area (TPSA) is 100 Å². The molecule has 1 amide bonds. The second-order valence-electron chi connectivity index (χ2n) is 8.34. The van der Waals surface area contributed by atoms with Gasteiger partial charge in [0.25, 0.3) is 0 Å². The summed E-state index contributed by atoms with van der Waals surface area (Å²) in [7, 11) is 0. The van der Waals surface area contributed by atoms with Crippen LogP contribution in [0.25, 0.3) is 11.5 Å². The van der Waals surface area contributed by atoms with Gasteiger partial charge in [-0.15, -0.1) is 10.2 Å². The Morgan fingerprint density at radius 1 is 0.969 bits per heavy atom. The molecule has 0 spiro atoms. The van der Waals surface area contributed by atoms with Gasteiger partial charge in [0.1, 0.15) is 23.7 Å². The Balaban J connectivity index is 1.22. The van der Waals surface area contributed by atoms with Gasteiger partial charge < -0.3 is 19.5 Å². The van der Waals surface area contributed by atoms with Crippen LogP contribution < -0.4 is 15.1 Å². The molecule has 5 rings (SSSR count). The first-order valence-corrected chi connectivity index (χ1v) is 11.3. The highest BCUT2D eigenvalue weighted by Gasteiger charge is 2.27. The summed E-state index contributed by atoms with van der Waals surface area (Å²) < 4.78 is 5.37. The van der Waals surface area contributed by atoms with Gasteiger partial charge in [-0.05, 0) is 56.4 Å². The van der Waals surface area contributed by atoms with E-state index in [1.165, 1.54) is 25.6 Å². The van der Waals surface area contributed by atoms with Crippen LogP contribution in [0.1, 0.15) is 32.1 Å². The lowest BCUT2D eigenvalue weighted by atomic mass is 9.97. The molecule has 1 unspecified atom stereocenters. The maximum absolute atomic E-state index is 13.0. The summed E-state index contributed by atoms with van der Waals surface area (Å²) in [5.74, 6) is 2.75. The van der Waals surface area contributed by atoms with Gasteiger partial charge in [-0.25, -0.2) is 9.97 Å². The number of amides is 1. The number of piperidine rings is 2. The number of nitrogens with one attached hydrogen (secondary N) is 1. The molecule has 2 fully saturated rings. The van der Waals surface area contributed by atoms with Crippen LogP contribution in [0.3, 0.4) is 0 Å². The van der Waals surface area contributed by atoms with Crippen LogP contribution in [0, 0.1) is 5.92 Å². The van der Waals surface area contributed by atoms with E-state index in [1.54, 1.807) is 6.26 Å². The molecule has 1 N–H and O–H groups in total. The number of aromatic nitrogens is 4. The van der Waals surface area contributed by atoms with Gasteiger partial charge in [-0.3, -0.25) is 4.79 Å². The molecule has 5 heterocycles. The van der Waals surface area contributed by atoms with E-state index in [0.29, 0.717) is 23.8 Å². The summed E-state index contributed by atoms with van der Waals surface area (Å²) in [5, 5.41) is 11.6. The van der Waals surface area contributed by atoms with E-state index in [9.17, 15) is 4.79 Å². The molecule has 32 heavy (non-hydrogen) atoms. The number of carbonyl (C=O) groups is 1. The minimum absolute atomic E-state index is 0.0156. The van der Waals surface area contributed by atoms with E-state index in [0.717, 1.165) is 44.1 Å². The number of rotatable bonds is 5. The molecule has 2 saturated heterocycles. The predicted octanol–water partition coefficient (Wildman–Crippen LogP) is 3.37. The SMILES string of the molecule is O=C(Nc1cc(N2CCCCC2)ncn1)C1CCCN(c2ccc(-c3ccco3)nn2)C1. The van der Waals surface area contributed by atoms with Crippen molar-refractivity contribution in [1.29, 1.82) is 0 Å². The molecule has 9 heteroatoms. The van der Waals surface area contributed by atoms with Gasteiger partial charge in [0.05, 0.1) is 12.2 Å². The van der Waals surface area contributed by atoms with Crippen LogP contribution in [0.4, 0.5) is 17.5 Å². The summed E-state index contributed by atoms with van der Waals surface area (Å²) in [4.78, 5) is 26.0. The van der Waals surface area contributed by atoms with Gasteiger partial charge in [0, 0.05) is 32.2 Å². The van der Waals surface area contributed by atoms with Crippen molar-refractivity contribution in [3.05, 3.63) is 42.9 Å². The van der Waals surface area contributed by atoms with Crippen LogP contribution in [-0.4, -0.2) is 52.3 Å². The lowest BCUT2D eigenvalue weighted by Crippen LogP contribution is -2.41. The van der Waals surface area contributed by atoms with Gasteiger partial charge in [0.15, 0.2) is 11.6 Å². The number of furan rings is 1. The van der Waals surface area contributed by atoms with Crippen molar-refractivity contribution in [2.45, 2.75) is 32.1 Å². The van der Waals surface area contributed by atoms with E-state index in [-0.39, 0.29) is 11.8 Å². The van der Waals surface area contributed by atoms with Crippen molar-refractivity contribution in [2.24, 2.45) is 5.92 Å². The van der Waals surface area contributed by atoms with E-state index in [2.05, 4.69) is 35.3 Å². The fourth-order valence-electron chi connectivity index (χ4n) is 4.39. The standard InChI is InChI=1S/C23H27N7O2/c31-23(26-20-14-22(25-16-24-20)29-10-2-1-3-11-29)17-6-4-12-30(15-17)21-9-8-18(27-28-21)19-7-5-13-32-19/h5,7-9,13-14,16-17H,1-4,6,10-12,15H2,(H,24,25,26,31). The number of nitrogens with zero attached hydrogens (tertiary/aromatic N) is 6. The molecular formula is C23H27N7O2. The molecule has 9 nitrogen and oxygen atoms in total. The Kier molecular flexibility index (Phi) is 5.96. The van der Waals surface area contributed by atoms with Crippen LogP contribution >= 0.6 is 0 Å². The van der Waals surface area contributed by atoms with Crippen molar-refractivity contribution in [2.75, 3.05) is 41.3 Å². The van der Waals surface area contributed by atoms with Crippen molar-refractivity contribution in [3.63, 3.8) is 0 Å². The summed E-state index contributed by atoms with van der Waals surface area (Å²) in [6.07, 6.45) is 8.52. The van der Waals surface area contributed by atoms with Gasteiger partial charge in [-0.1, -0.05) is 0 Å². The molecule has 3 aromatic rings. The van der Waals surface area contributed by atoms with Crippen molar-refractivity contribution in [3.8, 4) is 11.5 Å². The van der Waals surface area contributed by atoms with E-state index in [1.807, 2.05) is 30.3 Å². The zero-order valence-electron chi connectivity index (χ0n) is 18.0. The smallest absolute Gasteiger partial charge is 0.230 e. The molecule has 0 aromatic carbocycles. The van der Waals surface area contributed by atoms with Crippen LogP contribution in [0.5, 0.6) is 0 Å². The molecule has 0 bridgehead atoms. The average molecular weight is 434 g/mol. The predicted molar refractivity (Wildman–Crippen MR) is 121 cm³/mol. The minimum Gasteiger partial charge on any atom is -0.463 e. The summed E-state index contributed by atoms with van der Waals surface area (Å²) in [5.41, 5.74) is 0.693. The average Bonchev–Trinajstić information content (AvgIpc) is 3.40. The Bertz CT molecular complexity index is 1030. The zero-order valence-corrected chi connectivity index (χ0v) is 18.0.